The number of fused-ring (bicyclic) bond motifs is 1. The highest BCUT2D eigenvalue weighted by Gasteiger charge is 2.70. The van der Waals surface area contributed by atoms with Crippen molar-refractivity contribution in [2.45, 2.75) is 15.5 Å². The minimum Gasteiger partial charge on any atom is -0.309 e. The molecule has 5 rings (SSSR count). The van der Waals surface area contributed by atoms with Crippen molar-refractivity contribution in [3.05, 3.63) is 131 Å². The topological polar surface area (TPSA) is 12.0 Å². The molecule has 1 aliphatic carbocycles. The van der Waals surface area contributed by atoms with E-state index in [0.29, 0.717) is 29.8 Å². The van der Waals surface area contributed by atoms with Gasteiger partial charge in [0.1, 0.15) is 5.41 Å². The molecule has 1 fully saturated rings. The highest BCUT2D eigenvalue weighted by molar-refractivity contribution is 14.1. The number of hydrogen-bond acceptors (Lipinski definition) is 1. The standard InChI is InChI=1S/C28H23F3IN/c29-28(30,31)26(17-21-19-33-18-20(21)16-25(26)32)27(22-10-4-1-5-11-22,23-12-6-2-7-13-23)24-14-8-3-9-15-24/h1-17,25,33H,18-19H2. The zero-order valence-electron chi connectivity index (χ0n) is 17.8. The average Bonchev–Trinajstić information content (AvgIpc) is 3.28. The second-order valence-corrected chi connectivity index (χ2v) is 9.92. The van der Waals surface area contributed by atoms with E-state index in [1.807, 2.05) is 120 Å². The fraction of sp³-hybridized carbons (Fsp3) is 0.214. The van der Waals surface area contributed by atoms with Gasteiger partial charge in [0.05, 0.1) is 5.41 Å². The number of allylic oxidation sites excluding steroid dienone is 2. The van der Waals surface area contributed by atoms with Crippen molar-refractivity contribution < 1.29 is 13.2 Å². The number of halogens is 4. The molecule has 2 atom stereocenters. The Kier molecular flexibility index (Phi) is 5.73. The van der Waals surface area contributed by atoms with Gasteiger partial charge in [-0.25, -0.2) is 0 Å². The third-order valence-electron chi connectivity index (χ3n) is 6.94. The summed E-state index contributed by atoms with van der Waals surface area (Å²) in [5.41, 5.74) is -0.0959. The maximum atomic E-state index is 15.8. The highest BCUT2D eigenvalue weighted by atomic mass is 127. The van der Waals surface area contributed by atoms with Crippen molar-refractivity contribution in [1.82, 2.24) is 5.32 Å². The molecule has 2 aliphatic rings. The number of rotatable bonds is 4. The van der Waals surface area contributed by atoms with Gasteiger partial charge in [-0.15, -0.1) is 0 Å². The van der Waals surface area contributed by atoms with E-state index >= 15 is 13.2 Å². The Balaban J connectivity index is 1.99. The molecule has 1 N–H and O–H groups in total. The first kappa shape index (κ1) is 22.4. The van der Waals surface area contributed by atoms with Crippen molar-refractivity contribution >= 4 is 22.6 Å². The summed E-state index contributed by atoms with van der Waals surface area (Å²) >= 11 is 2.01. The number of alkyl halides is 4. The molecule has 5 heteroatoms. The fourth-order valence-electron chi connectivity index (χ4n) is 5.58. The summed E-state index contributed by atoms with van der Waals surface area (Å²) < 4.78 is 46.5. The van der Waals surface area contributed by atoms with Crippen molar-refractivity contribution in [1.29, 1.82) is 0 Å². The third-order valence-corrected chi connectivity index (χ3v) is 8.28. The van der Waals surface area contributed by atoms with E-state index < -0.39 is 20.9 Å². The quantitative estimate of drug-likeness (QED) is 0.211. The van der Waals surface area contributed by atoms with Gasteiger partial charge in [-0.3, -0.25) is 0 Å². The van der Waals surface area contributed by atoms with Gasteiger partial charge < -0.3 is 5.32 Å². The summed E-state index contributed by atoms with van der Waals surface area (Å²) in [5.74, 6) is 0. The molecule has 1 aliphatic heterocycles. The van der Waals surface area contributed by atoms with Gasteiger partial charge in [0, 0.05) is 17.0 Å². The summed E-state index contributed by atoms with van der Waals surface area (Å²) in [7, 11) is 0. The fourth-order valence-corrected chi connectivity index (χ4v) is 7.01. The lowest BCUT2D eigenvalue weighted by molar-refractivity contribution is -0.217. The van der Waals surface area contributed by atoms with Gasteiger partial charge in [0.25, 0.3) is 0 Å². The van der Waals surface area contributed by atoms with E-state index in [4.69, 9.17) is 0 Å². The summed E-state index contributed by atoms with van der Waals surface area (Å²) in [4.78, 5) is 0. The lowest BCUT2D eigenvalue weighted by atomic mass is 9.50. The zero-order valence-corrected chi connectivity index (χ0v) is 20.0. The van der Waals surface area contributed by atoms with Gasteiger partial charge in [-0.2, -0.15) is 13.2 Å². The zero-order chi connectivity index (χ0) is 23.1. The number of hydrogen-bond donors (Lipinski definition) is 1. The molecule has 33 heavy (non-hydrogen) atoms. The first-order chi connectivity index (χ1) is 15.9. The van der Waals surface area contributed by atoms with Crippen LogP contribution in [0.2, 0.25) is 0 Å². The van der Waals surface area contributed by atoms with Crippen molar-refractivity contribution in [2.24, 2.45) is 5.41 Å². The largest absolute Gasteiger partial charge is 0.400 e. The van der Waals surface area contributed by atoms with Crippen LogP contribution in [0.25, 0.3) is 0 Å². The second-order valence-electron chi connectivity index (χ2n) is 8.58. The number of nitrogens with one attached hydrogen (secondary N) is 1. The highest BCUT2D eigenvalue weighted by Crippen LogP contribution is 2.65. The molecule has 2 unspecified atom stereocenters. The molecule has 0 spiro atoms. The molecule has 168 valence electrons. The van der Waals surface area contributed by atoms with E-state index in [1.54, 1.807) is 0 Å². The molecule has 0 saturated carbocycles. The third kappa shape index (κ3) is 3.31. The van der Waals surface area contributed by atoms with Crippen LogP contribution in [-0.2, 0) is 5.41 Å². The van der Waals surface area contributed by atoms with Crippen molar-refractivity contribution in [3.63, 3.8) is 0 Å². The molecule has 1 nitrogen and oxygen atoms in total. The normalized spacial score (nSPS) is 23.0. The van der Waals surface area contributed by atoms with Crippen LogP contribution in [-0.4, -0.2) is 23.2 Å². The van der Waals surface area contributed by atoms with E-state index in [0.717, 1.165) is 11.1 Å². The molecule has 0 bridgehead atoms. The smallest absolute Gasteiger partial charge is 0.309 e. The van der Waals surface area contributed by atoms with E-state index in [2.05, 4.69) is 5.32 Å². The molecule has 0 amide bonds. The predicted molar refractivity (Wildman–Crippen MR) is 135 cm³/mol. The Hall–Kier alpha value is -2.38. The molecule has 0 radical (unpaired) electrons. The maximum absolute atomic E-state index is 15.8. The lowest BCUT2D eigenvalue weighted by Gasteiger charge is -2.54. The molecule has 1 saturated heterocycles. The van der Waals surface area contributed by atoms with Crippen LogP contribution in [0.3, 0.4) is 0 Å². The van der Waals surface area contributed by atoms with Gasteiger partial charge in [0.15, 0.2) is 0 Å². The predicted octanol–water partition coefficient (Wildman–Crippen LogP) is 6.84. The van der Waals surface area contributed by atoms with E-state index in [9.17, 15) is 0 Å². The van der Waals surface area contributed by atoms with Crippen LogP contribution >= 0.6 is 22.6 Å². The summed E-state index contributed by atoms with van der Waals surface area (Å²) in [6.45, 7) is 1.05. The number of benzene rings is 3. The van der Waals surface area contributed by atoms with Crippen LogP contribution < -0.4 is 5.32 Å². The van der Waals surface area contributed by atoms with Crippen LogP contribution in [0, 0.1) is 5.41 Å². The van der Waals surface area contributed by atoms with Gasteiger partial charge in [-0.1, -0.05) is 126 Å². The molecule has 1 heterocycles. The first-order valence-electron chi connectivity index (χ1n) is 10.9. The Labute approximate surface area is 205 Å². The Morgan fingerprint density at radius 3 is 1.55 bits per heavy atom. The van der Waals surface area contributed by atoms with Crippen LogP contribution in [0.1, 0.15) is 16.7 Å². The first-order valence-corrected chi connectivity index (χ1v) is 12.2. The van der Waals surface area contributed by atoms with Gasteiger partial charge in [0.2, 0.25) is 0 Å². The van der Waals surface area contributed by atoms with E-state index in [1.165, 1.54) is 6.08 Å². The summed E-state index contributed by atoms with van der Waals surface area (Å²) in [6.07, 6.45) is -1.17. The maximum Gasteiger partial charge on any atom is 0.400 e. The SMILES string of the molecule is FC(F)(F)C1(C(c2ccccc2)(c2ccccc2)c2ccccc2)C=C2CNCC2=CC1I. The second kappa shape index (κ2) is 8.44. The van der Waals surface area contributed by atoms with Crippen LogP contribution in [0.5, 0.6) is 0 Å². The summed E-state index contributed by atoms with van der Waals surface area (Å²) in [6, 6.07) is 27.5. The van der Waals surface area contributed by atoms with Crippen molar-refractivity contribution in [3.8, 4) is 0 Å². The van der Waals surface area contributed by atoms with Gasteiger partial charge >= 0.3 is 6.18 Å². The molecular weight excluding hydrogens is 534 g/mol. The molecular formula is C28H23F3IN. The molecule has 3 aromatic carbocycles. The Morgan fingerprint density at radius 2 is 1.12 bits per heavy atom. The van der Waals surface area contributed by atoms with Crippen LogP contribution in [0.4, 0.5) is 13.2 Å². The Bertz CT molecular complexity index is 1090. The monoisotopic (exact) mass is 557 g/mol. The molecule has 0 aromatic heterocycles. The van der Waals surface area contributed by atoms with Gasteiger partial charge in [-0.05, 0) is 27.8 Å². The van der Waals surface area contributed by atoms with E-state index in [-0.39, 0.29) is 0 Å². The Morgan fingerprint density at radius 1 is 0.697 bits per heavy atom. The minimum absolute atomic E-state index is 0.446. The average molecular weight is 557 g/mol. The molecule has 3 aromatic rings. The van der Waals surface area contributed by atoms with Crippen LogP contribution in [0.15, 0.2) is 114 Å². The lowest BCUT2D eigenvalue weighted by Crippen LogP contribution is -2.60. The van der Waals surface area contributed by atoms with Crippen molar-refractivity contribution in [2.75, 3.05) is 13.1 Å². The minimum atomic E-state index is -4.53. The summed E-state index contributed by atoms with van der Waals surface area (Å²) in [5, 5.41) is 3.24.